The largest absolute Gasteiger partial charge is 0.481 e. The van der Waals surface area contributed by atoms with Gasteiger partial charge in [-0.25, -0.2) is 4.79 Å². The van der Waals surface area contributed by atoms with Gasteiger partial charge in [0.1, 0.15) is 6.61 Å². The lowest BCUT2D eigenvalue weighted by Gasteiger charge is -2.14. The number of benzene rings is 2. The summed E-state index contributed by atoms with van der Waals surface area (Å²) in [5.41, 5.74) is 4.75. The lowest BCUT2D eigenvalue weighted by atomic mass is 9.98. The molecule has 1 amide bonds. The first-order valence-electron chi connectivity index (χ1n) is 32.3. The Kier molecular flexibility index (Phi) is 59.1. The number of hydrogen-bond donors (Lipinski definition) is 2. The van der Waals surface area contributed by atoms with Gasteiger partial charge in [-0.15, -0.1) is 0 Å². The van der Waals surface area contributed by atoms with Crippen molar-refractivity contribution in [3.63, 3.8) is 0 Å². The molecule has 0 spiro atoms. The second-order valence-electron chi connectivity index (χ2n) is 19.5. The zero-order valence-electron chi connectivity index (χ0n) is 54.4. The normalized spacial score (nSPS) is 12.1. The number of carboxylic acids is 1. The van der Waals surface area contributed by atoms with E-state index in [-0.39, 0.29) is 25.6 Å². The molecule has 92 heavy (non-hydrogen) atoms. The van der Waals surface area contributed by atoms with E-state index >= 15 is 0 Å². The highest BCUT2D eigenvalue weighted by molar-refractivity contribution is 5.79. The Morgan fingerprint density at radius 3 is 0.663 bits per heavy atom. The van der Waals surface area contributed by atoms with Crippen molar-refractivity contribution < 1.29 is 128 Å². The Bertz CT molecular complexity index is 1870. The van der Waals surface area contributed by atoms with Gasteiger partial charge in [0, 0.05) is 12.5 Å². The lowest BCUT2D eigenvalue weighted by Crippen LogP contribution is -2.29. The van der Waals surface area contributed by atoms with E-state index in [2.05, 4.69) is 29.6 Å². The molecule has 2 aromatic carbocycles. The molecule has 3 rings (SSSR count). The fraction of sp³-hybridized carbons (Fsp3) is 0.781. The Balaban J connectivity index is 0.850. The summed E-state index contributed by atoms with van der Waals surface area (Å²) in [4.78, 5) is 22.7. The molecule has 0 unspecified atom stereocenters. The molecule has 0 saturated heterocycles. The van der Waals surface area contributed by atoms with Gasteiger partial charge >= 0.3 is 12.1 Å². The summed E-state index contributed by atoms with van der Waals surface area (Å²) in [6.45, 7) is 21.6. The van der Waals surface area contributed by atoms with Gasteiger partial charge in [0.2, 0.25) is 0 Å². The molecule has 1 aliphatic rings. The topological polar surface area (TPSA) is 288 Å². The van der Waals surface area contributed by atoms with E-state index in [0.717, 1.165) is 0 Å². The van der Waals surface area contributed by atoms with Gasteiger partial charge in [-0.1, -0.05) is 48.5 Å². The maximum atomic E-state index is 12.3. The highest BCUT2D eigenvalue weighted by atomic mass is 16.6. The van der Waals surface area contributed by atoms with Crippen LogP contribution >= 0.6 is 0 Å². The van der Waals surface area contributed by atoms with E-state index in [9.17, 15) is 9.59 Å². The van der Waals surface area contributed by atoms with Crippen molar-refractivity contribution in [1.82, 2.24) is 5.32 Å². The fourth-order valence-corrected chi connectivity index (χ4v) is 7.97. The molecule has 0 aromatic heterocycles. The number of alkyl carbamates (subject to hydrolysis) is 1. The minimum Gasteiger partial charge on any atom is -0.481 e. The van der Waals surface area contributed by atoms with Crippen LogP contribution in [-0.2, 0) is 118 Å². The van der Waals surface area contributed by atoms with Crippen LogP contribution in [-0.4, -0.2) is 334 Å². The molecule has 0 radical (unpaired) electrons. The molecule has 1 aliphatic carbocycles. The predicted octanol–water partition coefficient (Wildman–Crippen LogP) is 3.38. The molecule has 2 N–H and O–H groups in total. The van der Waals surface area contributed by atoms with Crippen LogP contribution in [0.4, 0.5) is 4.79 Å². The van der Waals surface area contributed by atoms with Gasteiger partial charge in [-0.05, 0) is 22.3 Å². The van der Waals surface area contributed by atoms with Crippen molar-refractivity contribution in [1.29, 1.82) is 0 Å². The van der Waals surface area contributed by atoms with Gasteiger partial charge in [-0.3, -0.25) is 4.79 Å². The van der Waals surface area contributed by atoms with Crippen LogP contribution in [0.2, 0.25) is 0 Å². The SMILES string of the molecule is O=C(O)CCOCCOCCOCCOCCOCCOCCOCCOCCOCCOCCOCCOCCOCCOCCOCCOCCOCCOCCOCCOCCOCCOCCOCCNC(=O)OCC1c2ccccc2-c2ccccc21. The quantitative estimate of drug-likeness (QED) is 0.0898. The van der Waals surface area contributed by atoms with E-state index in [1.165, 1.54) is 22.3 Å². The third kappa shape index (κ3) is 51.6. The number of aliphatic carboxylic acids is 1. The predicted molar refractivity (Wildman–Crippen MR) is 334 cm³/mol. The van der Waals surface area contributed by atoms with E-state index < -0.39 is 12.1 Å². The smallest absolute Gasteiger partial charge is 0.407 e. The van der Waals surface area contributed by atoms with Crippen LogP contribution in [0.3, 0.4) is 0 Å². The van der Waals surface area contributed by atoms with Crippen LogP contribution in [0.1, 0.15) is 23.5 Å². The average Bonchev–Trinajstić information content (AvgIpc) is 1.62. The standard InChI is InChI=1S/C64H109NO27/c66-63(67)9-11-69-13-15-71-17-19-73-21-23-75-25-27-77-29-31-79-33-35-81-37-39-83-41-43-85-45-47-87-49-51-89-53-55-91-56-54-90-52-50-88-48-46-86-44-42-84-40-38-82-36-34-80-32-30-78-28-26-76-24-22-74-20-18-72-16-14-70-12-10-65-64(68)92-57-62-60-7-3-1-5-58(60)59-6-2-4-8-61(59)62/h1-8,62H,9-57H2,(H,65,68)(H,66,67). The number of carbonyl (C=O) groups is 2. The number of fused-ring (bicyclic) bond motifs is 3. The monoisotopic (exact) mass is 1320 g/mol. The first-order chi connectivity index (χ1) is 45.7. The first kappa shape index (κ1) is 82.5. The third-order valence-corrected chi connectivity index (χ3v) is 12.5. The van der Waals surface area contributed by atoms with Crippen molar-refractivity contribution >= 4 is 12.1 Å². The minimum atomic E-state index is -0.881. The molecule has 0 bridgehead atoms. The van der Waals surface area contributed by atoms with Gasteiger partial charge in [0.15, 0.2) is 0 Å². The Morgan fingerprint density at radius 2 is 0.457 bits per heavy atom. The molecular weight excluding hydrogens is 1210 g/mol. The molecular formula is C64H109NO27. The zero-order valence-corrected chi connectivity index (χ0v) is 54.4. The molecule has 0 aliphatic heterocycles. The second kappa shape index (κ2) is 65.9. The van der Waals surface area contributed by atoms with Crippen LogP contribution in [0, 0.1) is 0 Å². The minimum absolute atomic E-state index is 0.0112. The highest BCUT2D eigenvalue weighted by Gasteiger charge is 2.29. The van der Waals surface area contributed by atoms with Crippen molar-refractivity contribution in [3.8, 4) is 11.1 Å². The van der Waals surface area contributed by atoms with Crippen LogP contribution < -0.4 is 5.32 Å². The maximum absolute atomic E-state index is 12.3. The number of ether oxygens (including phenoxy) is 24. The summed E-state index contributed by atoms with van der Waals surface area (Å²) in [7, 11) is 0. The van der Waals surface area contributed by atoms with Gasteiger partial charge < -0.3 is 124 Å². The molecule has 28 heteroatoms. The number of hydrogen-bond acceptors (Lipinski definition) is 26. The summed E-state index contributed by atoms with van der Waals surface area (Å²) in [5, 5.41) is 11.3. The molecule has 0 saturated carbocycles. The molecule has 28 nitrogen and oxygen atoms in total. The lowest BCUT2D eigenvalue weighted by molar-refractivity contribution is -0.138. The van der Waals surface area contributed by atoms with Crippen molar-refractivity contribution in [2.75, 3.05) is 317 Å². The van der Waals surface area contributed by atoms with Gasteiger partial charge in [-0.2, -0.15) is 0 Å². The Hall–Kier alpha value is -3.74. The Labute approximate surface area is 544 Å². The van der Waals surface area contributed by atoms with Crippen LogP contribution in [0.5, 0.6) is 0 Å². The number of carbonyl (C=O) groups excluding carboxylic acids is 1. The molecule has 0 heterocycles. The summed E-state index contributed by atoms with van der Waals surface area (Å²) in [6.07, 6.45) is -0.471. The molecule has 2 aromatic rings. The van der Waals surface area contributed by atoms with E-state index in [1.807, 2.05) is 24.3 Å². The van der Waals surface area contributed by atoms with Crippen molar-refractivity contribution in [2.24, 2.45) is 0 Å². The third-order valence-electron chi connectivity index (χ3n) is 12.5. The van der Waals surface area contributed by atoms with E-state index in [0.29, 0.717) is 304 Å². The average molecular weight is 1320 g/mol. The summed E-state index contributed by atoms with van der Waals surface area (Å²) in [6, 6.07) is 16.5. The van der Waals surface area contributed by atoms with Gasteiger partial charge in [0.25, 0.3) is 0 Å². The number of carboxylic acid groups (broad SMARTS) is 1. The van der Waals surface area contributed by atoms with Crippen LogP contribution in [0.25, 0.3) is 11.1 Å². The molecule has 0 fully saturated rings. The molecule has 0 atom stereocenters. The van der Waals surface area contributed by atoms with E-state index in [4.69, 9.17) is 119 Å². The summed E-state index contributed by atoms with van der Waals surface area (Å²) < 4.78 is 132. The fourth-order valence-electron chi connectivity index (χ4n) is 7.97. The number of nitrogens with one attached hydrogen (secondary N) is 1. The first-order valence-corrected chi connectivity index (χ1v) is 32.3. The highest BCUT2D eigenvalue weighted by Crippen LogP contribution is 2.44. The second-order valence-corrected chi connectivity index (χ2v) is 19.5. The summed E-state index contributed by atoms with van der Waals surface area (Å²) in [5.74, 6) is -0.855. The number of rotatable bonds is 74. The van der Waals surface area contributed by atoms with E-state index in [1.54, 1.807) is 0 Å². The molecule has 532 valence electrons. The van der Waals surface area contributed by atoms with Gasteiger partial charge in [0.05, 0.1) is 310 Å². The van der Waals surface area contributed by atoms with Crippen LogP contribution in [0.15, 0.2) is 48.5 Å². The summed E-state index contributed by atoms with van der Waals surface area (Å²) >= 11 is 0. The maximum Gasteiger partial charge on any atom is 0.407 e. The van der Waals surface area contributed by atoms with Crippen molar-refractivity contribution in [3.05, 3.63) is 59.7 Å². The number of amides is 1. The zero-order chi connectivity index (χ0) is 65.0. The van der Waals surface area contributed by atoms with Crippen molar-refractivity contribution in [2.45, 2.75) is 12.3 Å². The Morgan fingerprint density at radius 1 is 0.272 bits per heavy atom.